The lowest BCUT2D eigenvalue weighted by atomic mass is 10.0. The van der Waals surface area contributed by atoms with E-state index in [4.69, 9.17) is 26.3 Å². The normalized spacial score (nSPS) is 10.8. The van der Waals surface area contributed by atoms with Crippen LogP contribution >= 0.6 is 27.5 Å². The fourth-order valence-electron chi connectivity index (χ4n) is 1.84. The molecule has 0 atom stereocenters. The molecule has 0 spiro atoms. The minimum atomic E-state index is 0.245. The fraction of sp³-hybridized carbons (Fsp3) is 0. The third-order valence-corrected chi connectivity index (χ3v) is 3.54. The maximum absolute atomic E-state index is 5.97. The van der Waals surface area contributed by atoms with Crippen LogP contribution in [0.25, 0.3) is 22.5 Å². The lowest BCUT2D eigenvalue weighted by Crippen LogP contribution is -1.88. The minimum Gasteiger partial charge on any atom is -0.452 e. The molecule has 0 aliphatic carbocycles. The minimum absolute atomic E-state index is 0.245. The summed E-state index contributed by atoms with van der Waals surface area (Å²) < 4.78 is 11.3. The van der Waals surface area contributed by atoms with Crippen LogP contribution in [0.2, 0.25) is 5.22 Å². The molecule has 0 aliphatic rings. The van der Waals surface area contributed by atoms with Gasteiger partial charge in [-0.15, -0.1) is 0 Å². The number of rotatable bonds is 2. The average Bonchev–Trinajstić information content (AvgIpc) is 2.97. The largest absolute Gasteiger partial charge is 0.452 e. The quantitative estimate of drug-likeness (QED) is 0.741. The van der Waals surface area contributed by atoms with Crippen molar-refractivity contribution in [3.8, 4) is 22.5 Å². The molecule has 3 aromatic rings. The number of aromatic nitrogens is 1. The first-order valence-electron chi connectivity index (χ1n) is 5.41. The van der Waals surface area contributed by atoms with E-state index in [9.17, 15) is 0 Å². The summed E-state index contributed by atoms with van der Waals surface area (Å²) in [6, 6.07) is 9.39. The second-order valence-corrected chi connectivity index (χ2v) is 5.15. The molecule has 2 aromatic heterocycles. The summed E-state index contributed by atoms with van der Waals surface area (Å²) in [6.45, 7) is 0. The zero-order chi connectivity index (χ0) is 13.4. The van der Waals surface area contributed by atoms with Crippen molar-refractivity contribution in [2.75, 3.05) is 5.73 Å². The predicted molar refractivity (Wildman–Crippen MR) is 76.8 cm³/mol. The van der Waals surface area contributed by atoms with Crippen molar-refractivity contribution in [3.05, 3.63) is 46.3 Å². The highest BCUT2D eigenvalue weighted by Gasteiger charge is 2.21. The Labute approximate surface area is 122 Å². The first-order valence-corrected chi connectivity index (χ1v) is 6.58. The maximum Gasteiger partial charge on any atom is 0.204 e. The fourth-order valence-corrected chi connectivity index (χ4v) is 2.30. The van der Waals surface area contributed by atoms with Crippen LogP contribution in [0.15, 0.2) is 50.0 Å². The zero-order valence-electron chi connectivity index (χ0n) is 9.56. The number of anilines is 1. The summed E-state index contributed by atoms with van der Waals surface area (Å²) in [5, 5.41) is 4.05. The molecule has 96 valence electrons. The second-order valence-electron chi connectivity index (χ2n) is 3.89. The van der Waals surface area contributed by atoms with Gasteiger partial charge in [-0.25, -0.2) is 0 Å². The highest BCUT2D eigenvalue weighted by atomic mass is 79.9. The summed E-state index contributed by atoms with van der Waals surface area (Å²) in [4.78, 5) is 0. The Hall–Kier alpha value is -1.72. The van der Waals surface area contributed by atoms with Gasteiger partial charge >= 0.3 is 0 Å². The molecule has 0 aliphatic heterocycles. The van der Waals surface area contributed by atoms with E-state index in [1.165, 1.54) is 6.26 Å². The molecule has 0 amide bonds. The summed E-state index contributed by atoms with van der Waals surface area (Å²) >= 11 is 9.36. The van der Waals surface area contributed by atoms with Crippen LogP contribution in [0.1, 0.15) is 0 Å². The summed E-state index contributed by atoms with van der Waals surface area (Å²) in [6.07, 6.45) is 1.49. The van der Waals surface area contributed by atoms with Crippen LogP contribution in [0.3, 0.4) is 0 Å². The second kappa shape index (κ2) is 4.75. The molecule has 19 heavy (non-hydrogen) atoms. The molecular formula is C13H8BrClN2O2. The van der Waals surface area contributed by atoms with Gasteiger partial charge in [0, 0.05) is 4.47 Å². The molecule has 2 N–H and O–H groups in total. The molecule has 6 heteroatoms. The van der Waals surface area contributed by atoms with E-state index in [1.807, 2.05) is 24.3 Å². The maximum atomic E-state index is 5.97. The molecule has 2 heterocycles. The van der Waals surface area contributed by atoms with E-state index >= 15 is 0 Å². The Morgan fingerprint density at radius 2 is 1.89 bits per heavy atom. The molecule has 0 saturated heterocycles. The summed E-state index contributed by atoms with van der Waals surface area (Å²) in [5.74, 6) is 0.813. The Morgan fingerprint density at radius 3 is 2.53 bits per heavy atom. The lowest BCUT2D eigenvalue weighted by molar-refractivity contribution is 0.435. The molecule has 3 rings (SSSR count). The van der Waals surface area contributed by atoms with Gasteiger partial charge in [0.2, 0.25) is 5.22 Å². The number of halogens is 2. The summed E-state index contributed by atoms with van der Waals surface area (Å²) in [5.41, 5.74) is 8.11. The number of benzene rings is 1. The van der Waals surface area contributed by atoms with Crippen LogP contribution in [-0.4, -0.2) is 5.16 Å². The van der Waals surface area contributed by atoms with Gasteiger partial charge in [-0.2, -0.15) is 0 Å². The van der Waals surface area contributed by atoms with Gasteiger partial charge in [-0.3, -0.25) is 0 Å². The van der Waals surface area contributed by atoms with E-state index < -0.39 is 0 Å². The van der Waals surface area contributed by atoms with Crippen molar-refractivity contribution in [1.29, 1.82) is 0 Å². The van der Waals surface area contributed by atoms with E-state index in [0.717, 1.165) is 10.0 Å². The molecule has 0 fully saturated rings. The highest BCUT2D eigenvalue weighted by molar-refractivity contribution is 9.10. The smallest absolute Gasteiger partial charge is 0.204 e. The van der Waals surface area contributed by atoms with E-state index in [1.54, 1.807) is 6.07 Å². The molecule has 1 aromatic carbocycles. The number of nitrogens with two attached hydrogens (primary N) is 1. The standard InChI is InChI=1S/C13H8BrClN2O2/c14-8-3-1-7(2-4-8)10-11(19-17-13(10)16)9-5-6-18-12(9)15/h1-6H,(H2,16,17). The SMILES string of the molecule is Nc1noc(-c2ccoc2Cl)c1-c1ccc(Br)cc1. The number of nitrogens with zero attached hydrogens (tertiary/aromatic N) is 1. The molecular weight excluding hydrogens is 332 g/mol. The average molecular weight is 340 g/mol. The number of nitrogen functional groups attached to an aromatic ring is 1. The topological polar surface area (TPSA) is 65.2 Å². The van der Waals surface area contributed by atoms with Gasteiger partial charge in [0.15, 0.2) is 11.6 Å². The van der Waals surface area contributed by atoms with Crippen molar-refractivity contribution >= 4 is 33.3 Å². The number of hydrogen-bond acceptors (Lipinski definition) is 4. The van der Waals surface area contributed by atoms with E-state index in [0.29, 0.717) is 22.7 Å². The first kappa shape index (κ1) is 12.3. The van der Waals surface area contributed by atoms with Gasteiger partial charge in [0.1, 0.15) is 0 Å². The van der Waals surface area contributed by atoms with Gasteiger partial charge in [0.05, 0.1) is 17.4 Å². The molecule has 0 bridgehead atoms. The third-order valence-electron chi connectivity index (χ3n) is 2.71. The summed E-state index contributed by atoms with van der Waals surface area (Å²) in [7, 11) is 0. The number of hydrogen-bond donors (Lipinski definition) is 1. The molecule has 0 saturated carbocycles. The van der Waals surface area contributed by atoms with Crippen LogP contribution in [0, 0.1) is 0 Å². The van der Waals surface area contributed by atoms with Crippen molar-refractivity contribution in [1.82, 2.24) is 5.16 Å². The highest BCUT2D eigenvalue weighted by Crippen LogP contribution is 2.40. The van der Waals surface area contributed by atoms with Crippen molar-refractivity contribution in [2.24, 2.45) is 0 Å². The van der Waals surface area contributed by atoms with E-state index in [-0.39, 0.29) is 5.22 Å². The van der Waals surface area contributed by atoms with Gasteiger partial charge in [0.25, 0.3) is 0 Å². The van der Waals surface area contributed by atoms with Crippen LogP contribution in [0.5, 0.6) is 0 Å². The van der Waals surface area contributed by atoms with Crippen molar-refractivity contribution in [3.63, 3.8) is 0 Å². The van der Waals surface area contributed by atoms with Gasteiger partial charge in [-0.05, 0) is 35.4 Å². The molecule has 4 nitrogen and oxygen atoms in total. The van der Waals surface area contributed by atoms with Crippen LogP contribution in [-0.2, 0) is 0 Å². The monoisotopic (exact) mass is 338 g/mol. The number of furan rings is 1. The Kier molecular flexibility index (Phi) is 3.08. The lowest BCUT2D eigenvalue weighted by Gasteiger charge is -2.01. The van der Waals surface area contributed by atoms with E-state index in [2.05, 4.69) is 21.1 Å². The van der Waals surface area contributed by atoms with Gasteiger partial charge < -0.3 is 14.7 Å². The Balaban J connectivity index is 2.19. The predicted octanol–water partition coefficient (Wildman–Crippen LogP) is 4.60. The van der Waals surface area contributed by atoms with Crippen molar-refractivity contribution < 1.29 is 8.94 Å². The molecule has 0 unspecified atom stereocenters. The van der Waals surface area contributed by atoms with Gasteiger partial charge in [-0.1, -0.05) is 33.2 Å². The van der Waals surface area contributed by atoms with Crippen molar-refractivity contribution in [2.45, 2.75) is 0 Å². The third kappa shape index (κ3) is 2.15. The first-order chi connectivity index (χ1) is 9.16. The Bertz CT molecular complexity index is 719. The zero-order valence-corrected chi connectivity index (χ0v) is 11.9. The Morgan fingerprint density at radius 1 is 1.16 bits per heavy atom. The van der Waals surface area contributed by atoms with Crippen LogP contribution < -0.4 is 5.73 Å². The molecule has 0 radical (unpaired) electrons. The van der Waals surface area contributed by atoms with Crippen LogP contribution in [0.4, 0.5) is 5.82 Å².